The first-order valence-electron chi connectivity index (χ1n) is 10.9. The Hall–Kier alpha value is -3.03. The Balaban J connectivity index is 2.45. The third-order valence-electron chi connectivity index (χ3n) is 5.76. The number of nitro benzene ring substituents is 1. The number of nitrogens with zero attached hydrogens (tertiary/aromatic N) is 2. The van der Waals surface area contributed by atoms with Crippen molar-refractivity contribution in [3.05, 3.63) is 51.2 Å². The first-order valence-corrected chi connectivity index (χ1v) is 10.9. The van der Waals surface area contributed by atoms with Gasteiger partial charge in [-0.25, -0.2) is 4.79 Å². The van der Waals surface area contributed by atoms with E-state index in [1.54, 1.807) is 19.9 Å². The summed E-state index contributed by atoms with van der Waals surface area (Å²) in [6.45, 7) is 9.02. The third kappa shape index (κ3) is 6.02. The van der Waals surface area contributed by atoms with Gasteiger partial charge in [-0.1, -0.05) is 38.3 Å². The van der Waals surface area contributed by atoms with Crippen molar-refractivity contribution in [2.75, 3.05) is 0 Å². The molecule has 0 aliphatic carbocycles. The van der Waals surface area contributed by atoms with Gasteiger partial charge in [-0.05, 0) is 46.1 Å². The quantitative estimate of drug-likeness (QED) is 0.223. The molecular formula is C24H32N2O6. The number of carboxylic acid groups (broad SMARTS) is 1. The number of benzene rings is 1. The summed E-state index contributed by atoms with van der Waals surface area (Å²) in [6, 6.07) is 5.73. The van der Waals surface area contributed by atoms with Crippen LogP contribution in [0, 0.1) is 16.0 Å². The van der Waals surface area contributed by atoms with Crippen LogP contribution in [0.3, 0.4) is 0 Å². The summed E-state index contributed by atoms with van der Waals surface area (Å²) in [4.78, 5) is 40.5. The Kier molecular flexibility index (Phi) is 8.30. The van der Waals surface area contributed by atoms with E-state index >= 15 is 0 Å². The molecule has 2 rings (SSSR count). The van der Waals surface area contributed by atoms with Crippen molar-refractivity contribution >= 4 is 23.3 Å². The second-order valence-corrected chi connectivity index (χ2v) is 8.86. The number of esters is 1. The van der Waals surface area contributed by atoms with Crippen LogP contribution in [0.5, 0.6) is 0 Å². The minimum Gasteiger partial charge on any atom is -0.481 e. The van der Waals surface area contributed by atoms with Crippen molar-refractivity contribution < 1.29 is 24.4 Å². The van der Waals surface area contributed by atoms with Gasteiger partial charge in [0.1, 0.15) is 11.5 Å². The number of hydrogen-bond acceptors (Lipinski definition) is 6. The summed E-state index contributed by atoms with van der Waals surface area (Å²) >= 11 is 0. The SMILES string of the molecule is CCCCCCC(C)(C)OC(=O)C1=C(C)N=C(C)C(C(=O)O)C1c1cccc([N+](=O)[O-])c1. The Morgan fingerprint density at radius 1 is 1.22 bits per heavy atom. The van der Waals surface area contributed by atoms with E-state index in [0.29, 0.717) is 23.4 Å². The lowest BCUT2D eigenvalue weighted by Gasteiger charge is -2.33. The number of non-ortho nitro benzene ring substituents is 1. The molecule has 1 heterocycles. The average Bonchev–Trinajstić information content (AvgIpc) is 2.69. The van der Waals surface area contributed by atoms with Crippen LogP contribution in [0.15, 0.2) is 40.5 Å². The van der Waals surface area contributed by atoms with Gasteiger partial charge in [0.25, 0.3) is 5.69 Å². The number of carbonyl (C=O) groups excluding carboxylic acids is 1. The second-order valence-electron chi connectivity index (χ2n) is 8.86. The Bertz CT molecular complexity index is 948. The fourth-order valence-corrected chi connectivity index (χ4v) is 4.15. The smallest absolute Gasteiger partial charge is 0.337 e. The maximum atomic E-state index is 13.3. The van der Waals surface area contributed by atoms with Crippen molar-refractivity contribution in [2.45, 2.75) is 78.2 Å². The summed E-state index contributed by atoms with van der Waals surface area (Å²) in [5, 5.41) is 21.2. The summed E-state index contributed by atoms with van der Waals surface area (Å²) in [6.07, 6.45) is 4.84. The highest BCUT2D eigenvalue weighted by Gasteiger charge is 2.43. The average molecular weight is 445 g/mol. The van der Waals surface area contributed by atoms with Gasteiger partial charge < -0.3 is 9.84 Å². The molecule has 32 heavy (non-hydrogen) atoms. The predicted molar refractivity (Wildman–Crippen MR) is 122 cm³/mol. The highest BCUT2D eigenvalue weighted by molar-refractivity contribution is 6.06. The lowest BCUT2D eigenvalue weighted by molar-refractivity contribution is -0.384. The van der Waals surface area contributed by atoms with Gasteiger partial charge in [0.15, 0.2) is 0 Å². The molecular weight excluding hydrogens is 412 g/mol. The molecule has 0 aromatic heterocycles. The van der Waals surface area contributed by atoms with Crippen molar-refractivity contribution in [3.8, 4) is 0 Å². The van der Waals surface area contributed by atoms with Crippen molar-refractivity contribution in [1.82, 2.24) is 0 Å². The molecule has 0 saturated carbocycles. The van der Waals surface area contributed by atoms with E-state index in [9.17, 15) is 24.8 Å². The van der Waals surface area contributed by atoms with E-state index < -0.39 is 34.3 Å². The third-order valence-corrected chi connectivity index (χ3v) is 5.76. The van der Waals surface area contributed by atoms with Crippen LogP contribution in [-0.4, -0.2) is 33.3 Å². The number of carbonyl (C=O) groups is 2. The van der Waals surface area contributed by atoms with Gasteiger partial charge in [0, 0.05) is 29.5 Å². The van der Waals surface area contributed by atoms with Gasteiger partial charge in [-0.15, -0.1) is 0 Å². The number of aliphatic carboxylic acids is 1. The molecule has 0 saturated heterocycles. The van der Waals surface area contributed by atoms with Crippen molar-refractivity contribution in [3.63, 3.8) is 0 Å². The molecule has 2 atom stereocenters. The molecule has 0 amide bonds. The number of allylic oxidation sites excluding steroid dienone is 1. The van der Waals surface area contributed by atoms with E-state index in [1.165, 1.54) is 18.2 Å². The number of nitro groups is 1. The Labute approximate surface area is 188 Å². The summed E-state index contributed by atoms with van der Waals surface area (Å²) in [5.74, 6) is -3.86. The second kappa shape index (κ2) is 10.5. The predicted octanol–water partition coefficient (Wildman–Crippen LogP) is 5.42. The summed E-state index contributed by atoms with van der Waals surface area (Å²) in [7, 11) is 0. The molecule has 1 N–H and O–H groups in total. The van der Waals surface area contributed by atoms with E-state index in [4.69, 9.17) is 4.74 Å². The number of ether oxygens (including phenoxy) is 1. The van der Waals surface area contributed by atoms with Crippen LogP contribution >= 0.6 is 0 Å². The maximum Gasteiger partial charge on any atom is 0.337 e. The summed E-state index contributed by atoms with van der Waals surface area (Å²) in [5.41, 5.74) is 0.289. The highest BCUT2D eigenvalue weighted by atomic mass is 16.6. The van der Waals surface area contributed by atoms with Crippen LogP contribution in [0.4, 0.5) is 5.69 Å². The first kappa shape index (κ1) is 25.2. The molecule has 0 bridgehead atoms. The molecule has 1 aromatic carbocycles. The molecule has 1 aromatic rings. The van der Waals surface area contributed by atoms with Gasteiger partial charge in [0.2, 0.25) is 0 Å². The topological polar surface area (TPSA) is 119 Å². The highest BCUT2D eigenvalue weighted by Crippen LogP contribution is 2.41. The van der Waals surface area contributed by atoms with Gasteiger partial charge in [0.05, 0.1) is 10.5 Å². The fourth-order valence-electron chi connectivity index (χ4n) is 4.15. The minimum atomic E-state index is -1.15. The fraction of sp³-hybridized carbons (Fsp3) is 0.542. The lowest BCUT2D eigenvalue weighted by atomic mass is 9.75. The van der Waals surface area contributed by atoms with E-state index in [2.05, 4.69) is 11.9 Å². The normalized spacial score (nSPS) is 18.8. The minimum absolute atomic E-state index is 0.130. The molecule has 1 aliphatic heterocycles. The van der Waals surface area contributed by atoms with Gasteiger partial charge in [-0.3, -0.25) is 19.9 Å². The van der Waals surface area contributed by atoms with Crippen molar-refractivity contribution in [2.24, 2.45) is 10.9 Å². The monoisotopic (exact) mass is 444 g/mol. The zero-order chi connectivity index (χ0) is 24.1. The van der Waals surface area contributed by atoms with Crippen molar-refractivity contribution in [1.29, 1.82) is 0 Å². The standard InChI is InChI=1S/C24H32N2O6/c1-6-7-8-9-13-24(4,5)32-23(29)20-16(3)25-15(2)19(22(27)28)21(20)17-11-10-12-18(14-17)26(30)31/h10-12,14,19,21H,6-9,13H2,1-5H3,(H,27,28). The molecule has 1 aliphatic rings. The first-order chi connectivity index (χ1) is 15.0. The Morgan fingerprint density at radius 2 is 1.91 bits per heavy atom. The van der Waals surface area contributed by atoms with Gasteiger partial charge >= 0.3 is 11.9 Å². The molecule has 8 heteroatoms. The Morgan fingerprint density at radius 3 is 2.50 bits per heavy atom. The lowest BCUT2D eigenvalue weighted by Crippen LogP contribution is -2.37. The number of rotatable bonds is 10. The van der Waals surface area contributed by atoms with Crippen LogP contribution in [-0.2, 0) is 14.3 Å². The van der Waals surface area contributed by atoms with Gasteiger partial charge in [-0.2, -0.15) is 0 Å². The molecule has 0 radical (unpaired) electrons. The zero-order valence-corrected chi connectivity index (χ0v) is 19.4. The van der Waals surface area contributed by atoms with E-state index in [-0.39, 0.29) is 11.3 Å². The number of aliphatic imine (C=N–C) groups is 1. The van der Waals surface area contributed by atoms with Crippen LogP contribution in [0.2, 0.25) is 0 Å². The molecule has 2 unspecified atom stereocenters. The number of hydrogen-bond donors (Lipinski definition) is 1. The molecule has 8 nitrogen and oxygen atoms in total. The largest absolute Gasteiger partial charge is 0.481 e. The van der Waals surface area contributed by atoms with Crippen LogP contribution in [0.1, 0.15) is 78.2 Å². The molecule has 0 spiro atoms. The van der Waals surface area contributed by atoms with Crippen LogP contribution in [0.25, 0.3) is 0 Å². The number of carboxylic acids is 1. The summed E-state index contributed by atoms with van der Waals surface area (Å²) < 4.78 is 5.83. The van der Waals surface area contributed by atoms with Crippen LogP contribution < -0.4 is 0 Å². The molecule has 174 valence electrons. The van der Waals surface area contributed by atoms with E-state index in [1.807, 2.05) is 13.8 Å². The van der Waals surface area contributed by atoms with E-state index in [0.717, 1.165) is 25.7 Å². The molecule has 0 fully saturated rings. The maximum absolute atomic E-state index is 13.3. The number of unbranched alkanes of at least 4 members (excludes halogenated alkanes) is 3. The zero-order valence-electron chi connectivity index (χ0n) is 19.4.